The first-order valence-electron chi connectivity index (χ1n) is 13.5. The van der Waals surface area contributed by atoms with E-state index in [1.807, 2.05) is 24.9 Å². The van der Waals surface area contributed by atoms with Crippen LogP contribution in [0.5, 0.6) is 0 Å². The molecule has 37 heavy (non-hydrogen) atoms. The number of carbonyl (C=O) groups is 2. The fourth-order valence-electron chi connectivity index (χ4n) is 5.29. The van der Waals surface area contributed by atoms with Gasteiger partial charge in [-0.05, 0) is 69.5 Å². The molecule has 0 aliphatic carbocycles. The van der Waals surface area contributed by atoms with Crippen LogP contribution in [0.15, 0.2) is 35.5 Å². The largest absolute Gasteiger partial charge is 0.494 e. The topological polar surface area (TPSA) is 77.4 Å². The van der Waals surface area contributed by atoms with Crippen molar-refractivity contribution in [1.82, 2.24) is 4.90 Å². The maximum atomic E-state index is 13.6. The van der Waals surface area contributed by atoms with Crippen molar-refractivity contribution in [3.63, 3.8) is 0 Å². The Morgan fingerprint density at radius 1 is 1.11 bits per heavy atom. The van der Waals surface area contributed by atoms with Crippen LogP contribution in [0, 0.1) is 11.8 Å². The van der Waals surface area contributed by atoms with Crippen LogP contribution < -0.4 is 5.46 Å². The number of methoxy groups -OCH3 is 1. The summed E-state index contributed by atoms with van der Waals surface area (Å²) < 4.78 is 17.2. The molecule has 4 rings (SSSR count). The third-order valence-electron chi connectivity index (χ3n) is 8.47. The van der Waals surface area contributed by atoms with E-state index < -0.39 is 0 Å². The van der Waals surface area contributed by atoms with E-state index in [0.717, 1.165) is 41.6 Å². The minimum absolute atomic E-state index is 0.0297. The van der Waals surface area contributed by atoms with E-state index in [2.05, 4.69) is 52.0 Å². The second-order valence-corrected chi connectivity index (χ2v) is 11.8. The van der Waals surface area contributed by atoms with E-state index in [4.69, 9.17) is 19.0 Å². The molecule has 3 heterocycles. The molecule has 1 amide bonds. The van der Waals surface area contributed by atoms with E-state index in [1.165, 1.54) is 7.11 Å². The lowest BCUT2D eigenvalue weighted by Crippen LogP contribution is -2.51. The van der Waals surface area contributed by atoms with Crippen molar-refractivity contribution < 1.29 is 23.6 Å². The Bertz CT molecular complexity index is 1060. The van der Waals surface area contributed by atoms with Gasteiger partial charge in [0.1, 0.15) is 0 Å². The van der Waals surface area contributed by atoms with Crippen molar-refractivity contribution in [3.8, 4) is 0 Å². The summed E-state index contributed by atoms with van der Waals surface area (Å²) in [6.45, 7) is 12.9. The summed E-state index contributed by atoms with van der Waals surface area (Å²) in [6.07, 6.45) is 5.70. The number of aliphatic imine (C=N–C) groups is 1. The smallest absolute Gasteiger partial charge is 0.469 e. The third-order valence-corrected chi connectivity index (χ3v) is 8.47. The van der Waals surface area contributed by atoms with Gasteiger partial charge < -0.3 is 18.9 Å². The van der Waals surface area contributed by atoms with Gasteiger partial charge in [-0.25, -0.2) is 0 Å². The molecule has 0 bridgehead atoms. The number of amides is 1. The Labute approximate surface area is 221 Å². The fraction of sp³-hybridized carbons (Fsp3) is 0.621. The summed E-state index contributed by atoms with van der Waals surface area (Å²) in [5, 5.41) is 0. The van der Waals surface area contributed by atoms with Crippen LogP contribution in [0.3, 0.4) is 0 Å². The fourth-order valence-corrected chi connectivity index (χ4v) is 5.29. The number of likely N-dealkylation sites (tertiary alicyclic amines) is 1. The predicted molar refractivity (Wildman–Crippen MR) is 146 cm³/mol. The zero-order valence-corrected chi connectivity index (χ0v) is 23.4. The first-order chi connectivity index (χ1) is 17.4. The van der Waals surface area contributed by atoms with Crippen LogP contribution in [0.2, 0.25) is 0 Å². The molecule has 0 saturated carbocycles. The van der Waals surface area contributed by atoms with Crippen LogP contribution in [-0.2, 0) is 23.6 Å². The summed E-state index contributed by atoms with van der Waals surface area (Å²) in [6, 6.07) is 8.29. The lowest BCUT2D eigenvalue weighted by Gasteiger charge is -2.38. The number of nitrogens with zero attached hydrogens (tertiary/aromatic N) is 2. The lowest BCUT2D eigenvalue weighted by molar-refractivity contribution is -0.149. The first-order valence-corrected chi connectivity index (χ1v) is 13.5. The Kier molecular flexibility index (Phi) is 8.00. The average Bonchev–Trinajstić information content (AvgIpc) is 3.44. The SMILES string of the molecule is COC(=O)C[C@H](C(=O)N1CCCC[C@H]1C1=NC=C(c2ccc(B3OC(C)(C)C(C)(C)O3)cc2)C1)C(C)C. The van der Waals surface area contributed by atoms with Gasteiger partial charge in [0, 0.05) is 24.9 Å². The van der Waals surface area contributed by atoms with E-state index in [9.17, 15) is 9.59 Å². The molecular formula is C29H41BN2O5. The molecule has 200 valence electrons. The molecule has 1 aromatic rings. The van der Waals surface area contributed by atoms with Crippen LogP contribution in [0.4, 0.5) is 0 Å². The van der Waals surface area contributed by atoms with Crippen molar-refractivity contribution in [1.29, 1.82) is 0 Å². The van der Waals surface area contributed by atoms with E-state index in [0.29, 0.717) is 13.0 Å². The first kappa shape index (κ1) is 27.6. The Morgan fingerprint density at radius 3 is 2.35 bits per heavy atom. The van der Waals surface area contributed by atoms with Gasteiger partial charge in [0.05, 0.1) is 36.7 Å². The van der Waals surface area contributed by atoms with Crippen molar-refractivity contribution in [2.75, 3.05) is 13.7 Å². The molecule has 3 aliphatic heterocycles. The number of rotatable bonds is 7. The Hall–Kier alpha value is -2.45. The molecule has 8 heteroatoms. The molecule has 0 aromatic heterocycles. The Morgan fingerprint density at radius 2 is 1.76 bits per heavy atom. The average molecular weight is 508 g/mol. The third kappa shape index (κ3) is 5.70. The highest BCUT2D eigenvalue weighted by molar-refractivity contribution is 6.62. The van der Waals surface area contributed by atoms with Gasteiger partial charge in [-0.1, -0.05) is 38.1 Å². The quantitative estimate of drug-likeness (QED) is 0.404. The molecule has 0 spiro atoms. The number of hydrogen-bond acceptors (Lipinski definition) is 6. The van der Waals surface area contributed by atoms with Gasteiger partial charge >= 0.3 is 13.1 Å². The number of carbonyl (C=O) groups excluding carboxylic acids is 2. The van der Waals surface area contributed by atoms with Crippen LogP contribution in [0.1, 0.15) is 79.2 Å². The minimum atomic E-state index is -0.385. The second kappa shape index (κ2) is 10.7. The van der Waals surface area contributed by atoms with E-state index in [-0.39, 0.29) is 54.5 Å². The van der Waals surface area contributed by atoms with Crippen molar-refractivity contribution in [2.45, 2.75) is 90.9 Å². The maximum Gasteiger partial charge on any atom is 0.494 e. The molecule has 0 radical (unpaired) electrons. The molecule has 3 aliphatic rings. The van der Waals surface area contributed by atoms with Gasteiger partial charge in [0.2, 0.25) is 5.91 Å². The maximum absolute atomic E-state index is 13.6. The molecule has 0 unspecified atom stereocenters. The lowest BCUT2D eigenvalue weighted by atomic mass is 9.78. The summed E-state index contributed by atoms with van der Waals surface area (Å²) in [7, 11) is 0.986. The number of allylic oxidation sites excluding steroid dienone is 1. The number of esters is 1. The number of ether oxygens (including phenoxy) is 1. The molecule has 2 fully saturated rings. The highest BCUT2D eigenvalue weighted by Crippen LogP contribution is 2.37. The van der Waals surface area contributed by atoms with Gasteiger partial charge in [-0.15, -0.1) is 0 Å². The van der Waals surface area contributed by atoms with Crippen LogP contribution in [-0.4, -0.2) is 60.5 Å². The Balaban J connectivity index is 1.43. The second-order valence-electron chi connectivity index (χ2n) is 11.8. The zero-order valence-electron chi connectivity index (χ0n) is 23.4. The van der Waals surface area contributed by atoms with Crippen molar-refractivity contribution in [3.05, 3.63) is 36.0 Å². The van der Waals surface area contributed by atoms with Crippen LogP contribution >= 0.6 is 0 Å². The predicted octanol–water partition coefficient (Wildman–Crippen LogP) is 4.39. The summed E-state index contributed by atoms with van der Waals surface area (Å²) in [4.78, 5) is 32.3. The van der Waals surface area contributed by atoms with Gasteiger partial charge in [-0.3, -0.25) is 14.6 Å². The highest BCUT2D eigenvalue weighted by Gasteiger charge is 2.51. The number of hydrogen-bond donors (Lipinski definition) is 0. The normalized spacial score (nSPS) is 23.6. The molecule has 2 saturated heterocycles. The molecular weight excluding hydrogens is 467 g/mol. The molecule has 1 aromatic carbocycles. The van der Waals surface area contributed by atoms with E-state index >= 15 is 0 Å². The molecule has 2 atom stereocenters. The summed E-state index contributed by atoms with van der Waals surface area (Å²) >= 11 is 0. The van der Waals surface area contributed by atoms with Gasteiger partial charge in [-0.2, -0.15) is 0 Å². The standard InChI is InChI=1S/C29H41BN2O5/c1-19(2)23(17-26(33)35-7)27(34)32-15-9-8-10-25(32)24-16-21(18-31-24)20-11-13-22(14-12-20)30-36-28(3,4)29(5,6)37-30/h11-14,18-19,23,25H,8-10,15-17H2,1-7H3/t23-,25-/m0/s1. The van der Waals surface area contributed by atoms with Crippen LogP contribution in [0.25, 0.3) is 5.57 Å². The molecule has 7 nitrogen and oxygen atoms in total. The number of benzene rings is 1. The van der Waals surface area contributed by atoms with Crippen molar-refractivity contribution in [2.24, 2.45) is 16.8 Å². The molecule has 0 N–H and O–H groups in total. The minimum Gasteiger partial charge on any atom is -0.469 e. The summed E-state index contributed by atoms with van der Waals surface area (Å²) in [5.74, 6) is -0.638. The van der Waals surface area contributed by atoms with E-state index in [1.54, 1.807) is 0 Å². The summed E-state index contributed by atoms with van der Waals surface area (Å²) in [5.41, 5.74) is 3.53. The van der Waals surface area contributed by atoms with Gasteiger partial charge in [0.25, 0.3) is 0 Å². The number of piperidine rings is 1. The monoisotopic (exact) mass is 508 g/mol. The van der Waals surface area contributed by atoms with Gasteiger partial charge in [0.15, 0.2) is 0 Å². The highest BCUT2D eigenvalue weighted by atomic mass is 16.7. The zero-order chi connectivity index (χ0) is 27.0. The van der Waals surface area contributed by atoms with Crippen molar-refractivity contribution >= 4 is 35.7 Å².